The monoisotopic (exact) mass is 467 g/mol. The summed E-state index contributed by atoms with van der Waals surface area (Å²) in [6.07, 6.45) is 5.69. The highest BCUT2D eigenvalue weighted by molar-refractivity contribution is 5.96. The smallest absolute Gasteiger partial charge is 0.257 e. The maximum Gasteiger partial charge on any atom is 0.257 e. The summed E-state index contributed by atoms with van der Waals surface area (Å²) < 4.78 is 7.90. The maximum absolute atomic E-state index is 13.9. The van der Waals surface area contributed by atoms with E-state index >= 15 is 0 Å². The summed E-state index contributed by atoms with van der Waals surface area (Å²) in [6.45, 7) is 4.00. The van der Waals surface area contributed by atoms with Crippen LogP contribution in [0, 0.1) is 0 Å². The molecule has 0 aliphatic carbocycles. The van der Waals surface area contributed by atoms with Crippen molar-refractivity contribution >= 4 is 17.7 Å². The third-order valence-electron chi connectivity index (χ3n) is 6.93. The van der Waals surface area contributed by atoms with E-state index in [1.54, 1.807) is 29.4 Å². The number of imidazole rings is 1. The SMILES string of the molecule is CC(=O)N1CCN2C(=O)[C@@H]3C[C@H](CN3Cc3nccn3C)NC(=O)c3cccnc3OC[C@@H]2C1. The minimum absolute atomic E-state index is 0.00965. The zero-order valence-corrected chi connectivity index (χ0v) is 19.4. The van der Waals surface area contributed by atoms with Crippen molar-refractivity contribution in [3.8, 4) is 5.88 Å². The summed E-state index contributed by atoms with van der Waals surface area (Å²) in [5.41, 5.74) is 0.360. The first-order chi connectivity index (χ1) is 16.4. The molecule has 2 bridgehead atoms. The molecule has 0 aromatic carbocycles. The predicted molar refractivity (Wildman–Crippen MR) is 121 cm³/mol. The first-order valence-electron chi connectivity index (χ1n) is 11.6. The van der Waals surface area contributed by atoms with E-state index in [9.17, 15) is 14.4 Å². The van der Waals surface area contributed by atoms with Crippen molar-refractivity contribution in [3.63, 3.8) is 0 Å². The van der Waals surface area contributed by atoms with Gasteiger partial charge in [0.25, 0.3) is 5.91 Å². The van der Waals surface area contributed by atoms with E-state index in [2.05, 4.69) is 20.2 Å². The van der Waals surface area contributed by atoms with E-state index < -0.39 is 6.04 Å². The second-order valence-corrected chi connectivity index (χ2v) is 9.12. The molecule has 0 unspecified atom stereocenters. The third-order valence-corrected chi connectivity index (χ3v) is 6.93. The standard InChI is InChI=1S/C23H29N7O4/c1-15(31)28-8-9-30-17(12-28)14-34-22-18(4-3-5-25-22)21(32)26-16-10-19(23(30)33)29(11-16)13-20-24-6-7-27(20)2/h3-7,16-17,19H,8-14H2,1-2H3,(H,26,32)/t16-,17+,19+/m1/s1. The van der Waals surface area contributed by atoms with Crippen LogP contribution in [0.1, 0.15) is 29.5 Å². The van der Waals surface area contributed by atoms with Gasteiger partial charge in [-0.2, -0.15) is 0 Å². The molecule has 0 spiro atoms. The average molecular weight is 468 g/mol. The zero-order chi connectivity index (χ0) is 23.8. The molecule has 2 saturated heterocycles. The topological polar surface area (TPSA) is 113 Å². The molecule has 3 aliphatic rings. The van der Waals surface area contributed by atoms with Crippen molar-refractivity contribution in [1.82, 2.24) is 34.6 Å². The summed E-state index contributed by atoms with van der Waals surface area (Å²) in [5, 5.41) is 3.07. The molecular formula is C23H29N7O4. The Morgan fingerprint density at radius 2 is 2.06 bits per heavy atom. The largest absolute Gasteiger partial charge is 0.475 e. The van der Waals surface area contributed by atoms with Crippen molar-refractivity contribution in [2.24, 2.45) is 7.05 Å². The number of amides is 3. The number of aromatic nitrogens is 3. The number of ether oxygens (including phenoxy) is 1. The molecule has 3 aliphatic heterocycles. The number of nitrogens with zero attached hydrogens (tertiary/aromatic N) is 6. The molecule has 2 aromatic rings. The minimum Gasteiger partial charge on any atom is -0.475 e. The van der Waals surface area contributed by atoms with Crippen molar-refractivity contribution < 1.29 is 19.1 Å². The van der Waals surface area contributed by atoms with Crippen LogP contribution in [0.5, 0.6) is 5.88 Å². The van der Waals surface area contributed by atoms with Crippen LogP contribution >= 0.6 is 0 Å². The van der Waals surface area contributed by atoms with Gasteiger partial charge in [-0.3, -0.25) is 19.3 Å². The number of piperazine rings is 1. The quantitative estimate of drug-likeness (QED) is 0.642. The van der Waals surface area contributed by atoms with Crippen LogP contribution in [0.2, 0.25) is 0 Å². The Bertz CT molecular complexity index is 1100. The Labute approximate surface area is 197 Å². The van der Waals surface area contributed by atoms with Gasteiger partial charge in [0.2, 0.25) is 17.7 Å². The van der Waals surface area contributed by atoms with Crippen molar-refractivity contribution in [3.05, 3.63) is 42.1 Å². The fourth-order valence-electron chi connectivity index (χ4n) is 5.05. The fourth-order valence-corrected chi connectivity index (χ4v) is 5.05. The van der Waals surface area contributed by atoms with Gasteiger partial charge in [0.1, 0.15) is 18.0 Å². The molecule has 180 valence electrons. The average Bonchev–Trinajstić information content (AvgIpc) is 3.42. The number of pyridine rings is 1. The Kier molecular flexibility index (Phi) is 5.94. The van der Waals surface area contributed by atoms with Crippen molar-refractivity contribution in [2.45, 2.75) is 38.0 Å². The second kappa shape index (κ2) is 9.05. The van der Waals surface area contributed by atoms with Gasteiger partial charge in [-0.15, -0.1) is 0 Å². The summed E-state index contributed by atoms with van der Waals surface area (Å²) in [5.74, 6) is 0.764. The number of likely N-dealkylation sites (tertiary alicyclic amines) is 1. The van der Waals surface area contributed by atoms with Gasteiger partial charge in [-0.25, -0.2) is 9.97 Å². The Morgan fingerprint density at radius 1 is 1.21 bits per heavy atom. The first kappa shape index (κ1) is 22.3. The van der Waals surface area contributed by atoms with E-state index in [-0.39, 0.29) is 42.3 Å². The van der Waals surface area contributed by atoms with Gasteiger partial charge in [-0.05, 0) is 18.6 Å². The van der Waals surface area contributed by atoms with Gasteiger partial charge >= 0.3 is 0 Å². The number of carbonyl (C=O) groups is 3. The lowest BCUT2D eigenvalue weighted by molar-refractivity contribution is -0.146. The number of rotatable bonds is 2. The van der Waals surface area contributed by atoms with E-state index in [4.69, 9.17) is 4.74 Å². The van der Waals surface area contributed by atoms with Gasteiger partial charge in [-0.1, -0.05) is 0 Å². The van der Waals surface area contributed by atoms with Crippen molar-refractivity contribution in [2.75, 3.05) is 32.8 Å². The van der Waals surface area contributed by atoms with Crippen molar-refractivity contribution in [1.29, 1.82) is 0 Å². The highest BCUT2D eigenvalue weighted by Crippen LogP contribution is 2.26. The third kappa shape index (κ3) is 4.23. The molecule has 2 aromatic heterocycles. The van der Waals surface area contributed by atoms with Crippen LogP contribution in [-0.2, 0) is 23.2 Å². The van der Waals surface area contributed by atoms with Gasteiger partial charge in [0.15, 0.2) is 0 Å². The molecule has 11 nitrogen and oxygen atoms in total. The molecule has 3 atom stereocenters. The summed E-state index contributed by atoms with van der Waals surface area (Å²) in [4.78, 5) is 53.3. The Balaban J connectivity index is 1.49. The van der Waals surface area contributed by atoms with E-state index in [1.807, 2.05) is 22.7 Å². The summed E-state index contributed by atoms with van der Waals surface area (Å²) in [6, 6.07) is 2.45. The fraction of sp³-hybridized carbons (Fsp3) is 0.522. The lowest BCUT2D eigenvalue weighted by Crippen LogP contribution is -2.61. The second-order valence-electron chi connectivity index (χ2n) is 9.12. The molecule has 0 saturated carbocycles. The minimum atomic E-state index is -0.402. The highest BCUT2D eigenvalue weighted by atomic mass is 16.5. The molecule has 2 fully saturated rings. The number of carbonyl (C=O) groups excluding carboxylic acids is 3. The van der Waals surface area contributed by atoms with E-state index in [1.165, 1.54) is 6.92 Å². The number of fused-ring (bicyclic) bond motifs is 4. The number of aryl methyl sites for hydroxylation is 1. The number of hydrogen-bond acceptors (Lipinski definition) is 7. The molecule has 34 heavy (non-hydrogen) atoms. The Morgan fingerprint density at radius 3 is 2.82 bits per heavy atom. The molecule has 5 rings (SSSR count). The summed E-state index contributed by atoms with van der Waals surface area (Å²) in [7, 11) is 1.93. The van der Waals surface area contributed by atoms with Crippen LogP contribution in [0.25, 0.3) is 0 Å². The van der Waals surface area contributed by atoms with Crippen LogP contribution in [-0.4, -0.2) is 97.9 Å². The van der Waals surface area contributed by atoms with Gasteiger partial charge in [0, 0.05) is 64.8 Å². The van der Waals surface area contributed by atoms with Crippen LogP contribution in [0.15, 0.2) is 30.7 Å². The zero-order valence-electron chi connectivity index (χ0n) is 19.4. The number of hydrogen-bond donors (Lipinski definition) is 1. The lowest BCUT2D eigenvalue weighted by Gasteiger charge is -2.42. The normalized spacial score (nSPS) is 25.5. The molecule has 11 heteroatoms. The lowest BCUT2D eigenvalue weighted by atomic mass is 10.1. The van der Waals surface area contributed by atoms with E-state index in [0.717, 1.165) is 5.82 Å². The molecule has 3 amide bonds. The maximum atomic E-state index is 13.9. The van der Waals surface area contributed by atoms with Crippen LogP contribution < -0.4 is 10.1 Å². The molecule has 1 N–H and O–H groups in total. The molecular weight excluding hydrogens is 438 g/mol. The number of nitrogens with one attached hydrogen (secondary N) is 1. The van der Waals surface area contributed by atoms with Gasteiger partial charge < -0.3 is 24.4 Å². The predicted octanol–water partition coefficient (Wildman–Crippen LogP) is -0.360. The van der Waals surface area contributed by atoms with E-state index in [0.29, 0.717) is 44.7 Å². The van der Waals surface area contributed by atoms with Gasteiger partial charge in [0.05, 0.1) is 18.6 Å². The Hall–Kier alpha value is -3.47. The summed E-state index contributed by atoms with van der Waals surface area (Å²) >= 11 is 0. The molecule has 0 radical (unpaired) electrons. The highest BCUT2D eigenvalue weighted by Gasteiger charge is 2.43. The molecule has 5 heterocycles. The first-order valence-corrected chi connectivity index (χ1v) is 11.6. The van der Waals surface area contributed by atoms with Crippen LogP contribution in [0.4, 0.5) is 0 Å². The van der Waals surface area contributed by atoms with Crippen LogP contribution in [0.3, 0.4) is 0 Å².